The molecule has 0 saturated carbocycles. The van der Waals surface area contributed by atoms with Gasteiger partial charge in [-0.1, -0.05) is 27.7 Å². The summed E-state index contributed by atoms with van der Waals surface area (Å²) in [6, 6.07) is 3.45. The molecule has 3 aliphatic rings. The number of pyridine rings is 1. The van der Waals surface area contributed by atoms with Gasteiger partial charge >= 0.3 is 5.97 Å². The minimum atomic E-state index is -1.91. The molecule has 0 unspecified atom stereocenters. The van der Waals surface area contributed by atoms with Crippen LogP contribution in [0.3, 0.4) is 0 Å². The van der Waals surface area contributed by atoms with Crippen LogP contribution in [0.5, 0.6) is 0 Å². The standard InChI is InChI=1S/C45H78N2O13/c1-15-33-45(12,53)38(49)27(6)36(55-23-31-16-18-46-19-17-31)25(4)21-43(10,52)40(60-42-35(48)32(20-26(5)56-42)47(13)24(2)3)28(7)37(29(8)41(51)58-33)59-34-22-44(11,54-14)39(50)30(9)57-34/h16-19,24-30,32-40,42,48-50,52-53H,15,20-23H2,1-14H3/t25-,26-,27+,28+,29-,30+,32+,33-,34+,35-,36+,37+,38-,39+,40-,42+,43-,44-,45-/m1/s1. The van der Waals surface area contributed by atoms with Crippen molar-refractivity contribution in [2.75, 3.05) is 14.2 Å². The number of esters is 1. The van der Waals surface area contributed by atoms with Crippen molar-refractivity contribution in [1.82, 2.24) is 9.88 Å². The SMILES string of the molecule is CC[C@H]1OC(=O)[C@H](C)[C@@H](O[C@H]2C[C@@](C)(OC)[C@@H](O)[C@H](C)O2)[C@H](C)[C@@H](O[C@@H]2O[C@H](C)C[C@H](N(C)C(C)C)[C@H]2O)[C@](C)(O)C[C@@H](C)[C@H](OCc2ccncc2)[C@H](C)[C@@H](O)[C@]1(C)O. The molecule has 0 aromatic carbocycles. The van der Waals surface area contributed by atoms with Gasteiger partial charge in [-0.25, -0.2) is 0 Å². The number of methoxy groups -OCH3 is 1. The summed E-state index contributed by atoms with van der Waals surface area (Å²) < 4.78 is 44.7. The van der Waals surface area contributed by atoms with Crippen LogP contribution in [0.4, 0.5) is 0 Å². The monoisotopic (exact) mass is 855 g/mol. The predicted molar refractivity (Wildman–Crippen MR) is 223 cm³/mol. The van der Waals surface area contributed by atoms with E-state index in [4.69, 9.17) is 33.2 Å². The molecule has 1 aromatic rings. The second-order valence-electron chi connectivity index (χ2n) is 19.1. The molecule has 3 saturated heterocycles. The molecule has 0 amide bonds. The Labute approximate surface area is 358 Å². The lowest BCUT2D eigenvalue weighted by atomic mass is 9.73. The van der Waals surface area contributed by atoms with Gasteiger partial charge in [-0.2, -0.15) is 0 Å². The molecule has 19 atom stereocenters. The van der Waals surface area contributed by atoms with Gasteiger partial charge in [-0.3, -0.25) is 14.7 Å². The Hall–Kier alpha value is -1.86. The van der Waals surface area contributed by atoms with Crippen LogP contribution < -0.4 is 0 Å². The van der Waals surface area contributed by atoms with Crippen LogP contribution in [0.1, 0.15) is 114 Å². The summed E-state index contributed by atoms with van der Waals surface area (Å²) in [5.41, 5.74) is -3.83. The topological polar surface area (TPSA) is 199 Å². The summed E-state index contributed by atoms with van der Waals surface area (Å²) in [5.74, 6) is -3.76. The Morgan fingerprint density at radius 1 is 0.917 bits per heavy atom. The Balaban J connectivity index is 1.87. The fourth-order valence-corrected chi connectivity index (χ4v) is 9.84. The van der Waals surface area contributed by atoms with Crippen molar-refractivity contribution in [3.8, 4) is 0 Å². The molecule has 0 spiro atoms. The van der Waals surface area contributed by atoms with Crippen LogP contribution >= 0.6 is 0 Å². The van der Waals surface area contributed by atoms with E-state index in [1.165, 1.54) is 14.0 Å². The Morgan fingerprint density at radius 2 is 1.55 bits per heavy atom. The highest BCUT2D eigenvalue weighted by Gasteiger charge is 2.54. The molecule has 0 bridgehead atoms. The highest BCUT2D eigenvalue weighted by molar-refractivity contribution is 5.73. The molecule has 3 fully saturated rings. The third-order valence-corrected chi connectivity index (χ3v) is 13.9. The Morgan fingerprint density at radius 3 is 2.13 bits per heavy atom. The van der Waals surface area contributed by atoms with Crippen LogP contribution in [0, 0.1) is 23.7 Å². The summed E-state index contributed by atoms with van der Waals surface area (Å²) in [7, 11) is 3.45. The molecule has 15 nitrogen and oxygen atoms in total. The average molecular weight is 855 g/mol. The van der Waals surface area contributed by atoms with E-state index in [0.29, 0.717) is 6.42 Å². The van der Waals surface area contributed by atoms with E-state index in [-0.39, 0.29) is 44.1 Å². The maximum atomic E-state index is 14.4. The largest absolute Gasteiger partial charge is 0.459 e. The van der Waals surface area contributed by atoms with Crippen LogP contribution in [-0.2, 0) is 44.6 Å². The number of carbonyl (C=O) groups is 1. The number of aliphatic hydroxyl groups excluding tert-OH is 3. The van der Waals surface area contributed by atoms with Crippen LogP contribution in [0.25, 0.3) is 0 Å². The molecule has 3 aliphatic heterocycles. The zero-order valence-electron chi connectivity index (χ0n) is 38.6. The van der Waals surface area contributed by atoms with Gasteiger partial charge in [0.2, 0.25) is 0 Å². The van der Waals surface area contributed by atoms with E-state index >= 15 is 0 Å². The van der Waals surface area contributed by atoms with E-state index in [2.05, 4.69) is 9.88 Å². The summed E-state index contributed by atoms with van der Waals surface area (Å²) in [6.07, 6.45) is -6.50. The third kappa shape index (κ3) is 11.4. The van der Waals surface area contributed by atoms with Crippen LogP contribution in [0.15, 0.2) is 24.5 Å². The van der Waals surface area contributed by atoms with Crippen molar-refractivity contribution in [2.45, 2.75) is 212 Å². The molecule has 5 N–H and O–H groups in total. The number of cyclic esters (lactones) is 1. The molecule has 1 aromatic heterocycles. The summed E-state index contributed by atoms with van der Waals surface area (Å²) in [4.78, 5) is 20.6. The molecular formula is C45H78N2O13. The summed E-state index contributed by atoms with van der Waals surface area (Å²) in [6.45, 7) is 21.7. The third-order valence-electron chi connectivity index (χ3n) is 13.9. The molecule has 4 rings (SSSR count). The second-order valence-corrected chi connectivity index (χ2v) is 19.1. The maximum Gasteiger partial charge on any atom is 0.311 e. The first kappa shape index (κ1) is 50.8. The second kappa shape index (κ2) is 20.8. The van der Waals surface area contributed by atoms with Crippen molar-refractivity contribution in [1.29, 1.82) is 0 Å². The van der Waals surface area contributed by atoms with Gasteiger partial charge in [0, 0.05) is 49.8 Å². The van der Waals surface area contributed by atoms with Crippen molar-refractivity contribution < 1.29 is 63.5 Å². The van der Waals surface area contributed by atoms with Crippen molar-refractivity contribution in [3.63, 3.8) is 0 Å². The molecule has 15 heteroatoms. The number of ether oxygens (including phenoxy) is 7. The number of likely N-dealkylation sites (N-methyl/N-ethyl adjacent to an activating group) is 1. The molecule has 346 valence electrons. The van der Waals surface area contributed by atoms with Gasteiger partial charge in [0.05, 0.1) is 60.4 Å². The first-order valence-electron chi connectivity index (χ1n) is 22.0. The van der Waals surface area contributed by atoms with Gasteiger partial charge in [-0.05, 0) is 105 Å². The van der Waals surface area contributed by atoms with Crippen LogP contribution in [0.2, 0.25) is 0 Å². The van der Waals surface area contributed by atoms with E-state index in [9.17, 15) is 30.3 Å². The van der Waals surface area contributed by atoms with E-state index in [1.54, 1.807) is 53.9 Å². The Kier molecular flexibility index (Phi) is 17.6. The lowest BCUT2D eigenvalue weighted by molar-refractivity contribution is -0.319. The number of aromatic nitrogens is 1. The lowest BCUT2D eigenvalue weighted by Gasteiger charge is -2.50. The van der Waals surface area contributed by atoms with Gasteiger partial charge in [0.1, 0.15) is 23.9 Å². The zero-order valence-corrected chi connectivity index (χ0v) is 38.6. The van der Waals surface area contributed by atoms with Crippen molar-refractivity contribution in [2.24, 2.45) is 23.7 Å². The summed E-state index contributed by atoms with van der Waals surface area (Å²) in [5, 5.41) is 60.0. The molecule has 0 aliphatic carbocycles. The summed E-state index contributed by atoms with van der Waals surface area (Å²) >= 11 is 0. The normalized spacial score (nSPS) is 45.3. The smallest absolute Gasteiger partial charge is 0.311 e. The lowest BCUT2D eigenvalue weighted by Crippen LogP contribution is -2.62. The number of rotatable bonds is 11. The maximum absolute atomic E-state index is 14.4. The van der Waals surface area contributed by atoms with Crippen LogP contribution in [-0.4, -0.2) is 152 Å². The highest BCUT2D eigenvalue weighted by Crippen LogP contribution is 2.42. The fourth-order valence-electron chi connectivity index (χ4n) is 9.84. The van der Waals surface area contributed by atoms with E-state index in [0.717, 1.165) is 5.56 Å². The minimum absolute atomic E-state index is 0.0591. The van der Waals surface area contributed by atoms with E-state index in [1.807, 2.05) is 53.8 Å². The van der Waals surface area contributed by atoms with Crippen molar-refractivity contribution >= 4 is 5.97 Å². The zero-order chi connectivity index (χ0) is 45.1. The number of hydrogen-bond acceptors (Lipinski definition) is 15. The van der Waals surface area contributed by atoms with Gasteiger partial charge < -0.3 is 58.7 Å². The van der Waals surface area contributed by atoms with Crippen molar-refractivity contribution in [3.05, 3.63) is 30.1 Å². The molecule has 4 heterocycles. The van der Waals surface area contributed by atoms with Gasteiger partial charge in [-0.15, -0.1) is 0 Å². The predicted octanol–water partition coefficient (Wildman–Crippen LogP) is 3.98. The van der Waals surface area contributed by atoms with Gasteiger partial charge in [0.15, 0.2) is 12.6 Å². The minimum Gasteiger partial charge on any atom is -0.459 e. The number of aliphatic hydroxyl groups is 5. The Bertz CT molecular complexity index is 1490. The number of nitrogens with zero attached hydrogens (tertiary/aromatic N) is 2. The fraction of sp³-hybridized carbons (Fsp3) is 0.867. The number of hydrogen-bond donors (Lipinski definition) is 5. The average Bonchev–Trinajstić information content (AvgIpc) is 3.19. The quantitative estimate of drug-likeness (QED) is 0.200. The van der Waals surface area contributed by atoms with E-state index < -0.39 is 108 Å². The highest BCUT2D eigenvalue weighted by atomic mass is 16.7. The first-order chi connectivity index (χ1) is 27.9. The molecule has 0 radical (unpaired) electrons. The number of carbonyl (C=O) groups excluding carboxylic acids is 1. The first-order valence-corrected chi connectivity index (χ1v) is 22.0. The van der Waals surface area contributed by atoms with Gasteiger partial charge in [0.25, 0.3) is 0 Å². The molecule has 60 heavy (non-hydrogen) atoms. The molecular weight excluding hydrogens is 776 g/mol.